The Labute approximate surface area is 121 Å². The first-order chi connectivity index (χ1) is 9.08. The van der Waals surface area contributed by atoms with Crippen molar-refractivity contribution in [1.82, 2.24) is 9.80 Å². The average Bonchev–Trinajstić information content (AvgIpc) is 2.71. The van der Waals surface area contributed by atoms with E-state index in [-0.39, 0.29) is 11.8 Å². The Kier molecular flexibility index (Phi) is 4.58. The molecule has 2 rings (SSSR count). The molecular weight excluding hydrogens is 308 g/mol. The molecule has 0 saturated carbocycles. The number of rotatable bonds is 5. The normalized spacial score (nSPS) is 15.2. The SMILES string of the molecule is CN1CCN(CCCC(=O)c2ccc(Br)cc2)C1=O. The van der Waals surface area contributed by atoms with E-state index in [0.717, 1.165) is 23.1 Å². The van der Waals surface area contributed by atoms with Crippen LogP contribution in [0.25, 0.3) is 0 Å². The van der Waals surface area contributed by atoms with Crippen LogP contribution >= 0.6 is 15.9 Å². The number of benzene rings is 1. The summed E-state index contributed by atoms with van der Waals surface area (Å²) in [5.74, 6) is 0.132. The van der Waals surface area contributed by atoms with Gasteiger partial charge in [0.25, 0.3) is 0 Å². The Morgan fingerprint density at radius 1 is 1.26 bits per heavy atom. The van der Waals surface area contributed by atoms with Crippen molar-refractivity contribution >= 4 is 27.7 Å². The number of likely N-dealkylation sites (N-methyl/N-ethyl adjacent to an activating group) is 1. The molecule has 0 spiro atoms. The Balaban J connectivity index is 1.78. The van der Waals surface area contributed by atoms with E-state index in [1.165, 1.54) is 0 Å². The summed E-state index contributed by atoms with van der Waals surface area (Å²) in [7, 11) is 1.80. The molecule has 1 aromatic rings. The maximum absolute atomic E-state index is 11.9. The summed E-state index contributed by atoms with van der Waals surface area (Å²) < 4.78 is 0.967. The highest BCUT2D eigenvalue weighted by Crippen LogP contribution is 2.13. The van der Waals surface area contributed by atoms with Crippen molar-refractivity contribution in [3.63, 3.8) is 0 Å². The van der Waals surface area contributed by atoms with Crippen LogP contribution in [-0.2, 0) is 0 Å². The van der Waals surface area contributed by atoms with Crippen molar-refractivity contribution in [2.24, 2.45) is 0 Å². The van der Waals surface area contributed by atoms with E-state index in [9.17, 15) is 9.59 Å². The molecule has 1 saturated heterocycles. The highest BCUT2D eigenvalue weighted by molar-refractivity contribution is 9.10. The number of amides is 2. The zero-order valence-electron chi connectivity index (χ0n) is 10.9. The van der Waals surface area contributed by atoms with Crippen LogP contribution in [0.5, 0.6) is 0 Å². The zero-order valence-corrected chi connectivity index (χ0v) is 12.5. The lowest BCUT2D eigenvalue weighted by Crippen LogP contribution is -2.30. The quantitative estimate of drug-likeness (QED) is 0.781. The molecule has 1 aliphatic rings. The number of carbonyl (C=O) groups is 2. The number of hydrogen-bond donors (Lipinski definition) is 0. The number of Topliss-reactive ketones (excluding diaryl/α,β-unsaturated/α-hetero) is 1. The first kappa shape index (κ1) is 14.1. The molecule has 0 aliphatic carbocycles. The number of urea groups is 1. The molecule has 2 amide bonds. The van der Waals surface area contributed by atoms with Gasteiger partial charge >= 0.3 is 6.03 Å². The third kappa shape index (κ3) is 3.56. The lowest BCUT2D eigenvalue weighted by Gasteiger charge is -2.15. The smallest absolute Gasteiger partial charge is 0.319 e. The fourth-order valence-electron chi connectivity index (χ4n) is 2.12. The minimum absolute atomic E-state index is 0.0658. The van der Waals surface area contributed by atoms with Crippen molar-refractivity contribution in [2.45, 2.75) is 12.8 Å². The summed E-state index contributed by atoms with van der Waals surface area (Å²) in [5.41, 5.74) is 0.730. The van der Waals surface area contributed by atoms with Crippen molar-refractivity contribution in [3.05, 3.63) is 34.3 Å². The van der Waals surface area contributed by atoms with Gasteiger partial charge in [-0.1, -0.05) is 28.1 Å². The number of carbonyl (C=O) groups excluding carboxylic acids is 2. The highest BCUT2D eigenvalue weighted by Gasteiger charge is 2.24. The summed E-state index contributed by atoms with van der Waals surface area (Å²) in [4.78, 5) is 27.1. The van der Waals surface area contributed by atoms with Gasteiger partial charge in [0.1, 0.15) is 0 Å². The van der Waals surface area contributed by atoms with Crippen molar-refractivity contribution in [2.75, 3.05) is 26.7 Å². The van der Waals surface area contributed by atoms with Gasteiger partial charge in [0, 0.05) is 43.1 Å². The molecule has 0 aromatic heterocycles. The van der Waals surface area contributed by atoms with Crippen molar-refractivity contribution < 1.29 is 9.59 Å². The molecule has 0 bridgehead atoms. The van der Waals surface area contributed by atoms with Gasteiger partial charge in [-0.15, -0.1) is 0 Å². The summed E-state index contributed by atoms with van der Waals surface area (Å²) in [5, 5.41) is 0. The predicted molar refractivity (Wildman–Crippen MR) is 77.3 cm³/mol. The topological polar surface area (TPSA) is 40.6 Å². The molecule has 102 valence electrons. The van der Waals surface area contributed by atoms with E-state index in [4.69, 9.17) is 0 Å². The molecule has 5 heteroatoms. The summed E-state index contributed by atoms with van der Waals surface area (Å²) in [6.45, 7) is 2.20. The van der Waals surface area contributed by atoms with Crippen LogP contribution in [0.4, 0.5) is 4.79 Å². The molecule has 0 radical (unpaired) electrons. The Morgan fingerprint density at radius 3 is 2.53 bits per heavy atom. The van der Waals surface area contributed by atoms with Crippen LogP contribution in [0.1, 0.15) is 23.2 Å². The van der Waals surface area contributed by atoms with Gasteiger partial charge < -0.3 is 9.80 Å². The first-order valence-electron chi connectivity index (χ1n) is 6.37. The number of ketones is 1. The number of hydrogen-bond acceptors (Lipinski definition) is 2. The van der Waals surface area contributed by atoms with E-state index in [1.807, 2.05) is 24.3 Å². The fourth-order valence-corrected chi connectivity index (χ4v) is 2.39. The van der Waals surface area contributed by atoms with Crippen LogP contribution in [0, 0.1) is 0 Å². The monoisotopic (exact) mass is 324 g/mol. The number of nitrogens with zero attached hydrogens (tertiary/aromatic N) is 2. The predicted octanol–water partition coefficient (Wildman–Crippen LogP) is 2.78. The Bertz CT molecular complexity index is 473. The second-order valence-electron chi connectivity index (χ2n) is 4.72. The molecule has 19 heavy (non-hydrogen) atoms. The molecule has 4 nitrogen and oxygen atoms in total. The standard InChI is InChI=1S/C14H17BrN2O2/c1-16-9-10-17(14(16)19)8-2-3-13(18)11-4-6-12(15)7-5-11/h4-7H,2-3,8-10H2,1H3. The Hall–Kier alpha value is -1.36. The average molecular weight is 325 g/mol. The summed E-state index contributed by atoms with van der Waals surface area (Å²) in [6, 6.07) is 7.44. The maximum atomic E-state index is 11.9. The third-order valence-corrected chi connectivity index (χ3v) is 3.83. The molecule has 1 fully saturated rings. The van der Waals surface area contributed by atoms with E-state index in [0.29, 0.717) is 19.4 Å². The first-order valence-corrected chi connectivity index (χ1v) is 7.16. The highest BCUT2D eigenvalue weighted by atomic mass is 79.9. The van der Waals surface area contributed by atoms with Crippen LogP contribution in [0.3, 0.4) is 0 Å². The van der Waals surface area contributed by atoms with Gasteiger partial charge in [-0.25, -0.2) is 4.79 Å². The molecule has 0 unspecified atom stereocenters. The van der Waals surface area contributed by atoms with E-state index < -0.39 is 0 Å². The molecule has 0 atom stereocenters. The summed E-state index contributed by atoms with van der Waals surface area (Å²) >= 11 is 3.34. The van der Waals surface area contributed by atoms with Crippen molar-refractivity contribution in [1.29, 1.82) is 0 Å². The number of halogens is 1. The minimum atomic E-state index is 0.0658. The van der Waals surface area contributed by atoms with Gasteiger partial charge in [0.2, 0.25) is 0 Å². The summed E-state index contributed by atoms with van der Waals surface area (Å²) in [6.07, 6.45) is 1.20. The Morgan fingerprint density at radius 2 is 1.95 bits per heavy atom. The fraction of sp³-hybridized carbons (Fsp3) is 0.429. The minimum Gasteiger partial charge on any atom is -0.326 e. The van der Waals surface area contributed by atoms with Gasteiger partial charge in [0.15, 0.2) is 5.78 Å². The maximum Gasteiger partial charge on any atom is 0.319 e. The van der Waals surface area contributed by atoms with E-state index in [1.54, 1.807) is 16.8 Å². The van der Waals surface area contributed by atoms with Crippen LogP contribution in [-0.4, -0.2) is 48.3 Å². The van der Waals surface area contributed by atoms with Gasteiger partial charge in [-0.05, 0) is 18.6 Å². The van der Waals surface area contributed by atoms with Gasteiger partial charge in [-0.2, -0.15) is 0 Å². The van der Waals surface area contributed by atoms with Crippen LogP contribution in [0.15, 0.2) is 28.7 Å². The molecule has 1 heterocycles. The van der Waals surface area contributed by atoms with E-state index >= 15 is 0 Å². The van der Waals surface area contributed by atoms with Gasteiger partial charge in [0.05, 0.1) is 0 Å². The molecule has 0 N–H and O–H groups in total. The molecular formula is C14H17BrN2O2. The second-order valence-corrected chi connectivity index (χ2v) is 5.64. The van der Waals surface area contributed by atoms with Gasteiger partial charge in [-0.3, -0.25) is 4.79 Å². The van der Waals surface area contributed by atoms with E-state index in [2.05, 4.69) is 15.9 Å². The molecule has 1 aromatic carbocycles. The zero-order chi connectivity index (χ0) is 13.8. The third-order valence-electron chi connectivity index (χ3n) is 3.30. The lowest BCUT2D eigenvalue weighted by atomic mass is 10.1. The van der Waals surface area contributed by atoms with Crippen LogP contribution < -0.4 is 0 Å². The second kappa shape index (κ2) is 6.19. The van der Waals surface area contributed by atoms with Crippen molar-refractivity contribution in [3.8, 4) is 0 Å². The van der Waals surface area contributed by atoms with Crippen LogP contribution in [0.2, 0.25) is 0 Å². The molecule has 1 aliphatic heterocycles. The largest absolute Gasteiger partial charge is 0.326 e. The lowest BCUT2D eigenvalue weighted by molar-refractivity contribution is 0.0976.